The van der Waals surface area contributed by atoms with E-state index in [4.69, 9.17) is 26.4 Å². The summed E-state index contributed by atoms with van der Waals surface area (Å²) in [6.45, 7) is 5.45. The first-order chi connectivity index (χ1) is 17.5. The van der Waals surface area contributed by atoms with E-state index in [9.17, 15) is 9.59 Å². The van der Waals surface area contributed by atoms with Gasteiger partial charge in [-0.2, -0.15) is 0 Å². The number of amides is 2. The van der Waals surface area contributed by atoms with Crippen molar-refractivity contribution in [2.24, 2.45) is 0 Å². The highest BCUT2D eigenvalue weighted by atomic mass is 32.2. The smallest absolute Gasteiger partial charge is 0.266 e. The normalized spacial score (nSPS) is 18.7. The quantitative estimate of drug-likeness (QED) is 0.343. The topological polar surface area (TPSA) is 77.1 Å². The summed E-state index contributed by atoms with van der Waals surface area (Å²) in [5.41, 5.74) is 2.71. The van der Waals surface area contributed by atoms with Gasteiger partial charge >= 0.3 is 0 Å². The lowest BCUT2D eigenvalue weighted by molar-refractivity contribution is -0.123. The first kappa shape index (κ1) is 26.2. The highest BCUT2D eigenvalue weighted by Crippen LogP contribution is 2.35. The fourth-order valence-corrected chi connectivity index (χ4v) is 5.24. The molecular formula is C27H30N2O5S2. The van der Waals surface area contributed by atoms with Crippen LogP contribution >= 0.6 is 24.0 Å². The van der Waals surface area contributed by atoms with E-state index < -0.39 is 0 Å². The molecule has 0 bridgehead atoms. The first-order valence-corrected chi connectivity index (χ1v) is 13.3. The Balaban J connectivity index is 1.40. The van der Waals surface area contributed by atoms with Gasteiger partial charge < -0.3 is 19.5 Å². The van der Waals surface area contributed by atoms with E-state index in [1.165, 1.54) is 17.3 Å². The van der Waals surface area contributed by atoms with Crippen molar-refractivity contribution in [3.63, 3.8) is 0 Å². The summed E-state index contributed by atoms with van der Waals surface area (Å²) in [6, 6.07) is 13.1. The van der Waals surface area contributed by atoms with Crippen LogP contribution in [-0.2, 0) is 20.7 Å². The van der Waals surface area contributed by atoms with Gasteiger partial charge in [-0.3, -0.25) is 14.5 Å². The summed E-state index contributed by atoms with van der Waals surface area (Å²) in [5, 5.41) is 2.83. The molecule has 2 aromatic carbocycles. The highest BCUT2D eigenvalue weighted by Gasteiger charge is 2.34. The van der Waals surface area contributed by atoms with Gasteiger partial charge in [-0.05, 0) is 67.7 Å². The number of thioether (sulfide) groups is 1. The summed E-state index contributed by atoms with van der Waals surface area (Å²) in [6.07, 6.45) is 4.74. The van der Waals surface area contributed by atoms with Crippen molar-refractivity contribution in [3.8, 4) is 11.5 Å². The molecule has 2 amide bonds. The number of rotatable bonds is 10. The zero-order chi connectivity index (χ0) is 25.5. The molecule has 1 atom stereocenters. The van der Waals surface area contributed by atoms with Crippen molar-refractivity contribution in [1.82, 2.24) is 4.90 Å². The minimum Gasteiger partial charge on any atom is -0.490 e. The lowest BCUT2D eigenvalue weighted by atomic mass is 10.1. The number of nitrogens with zero attached hydrogens (tertiary/aromatic N) is 1. The maximum absolute atomic E-state index is 12.9. The molecule has 2 saturated heterocycles. The molecule has 2 aliphatic rings. The zero-order valence-corrected chi connectivity index (χ0v) is 22.1. The van der Waals surface area contributed by atoms with E-state index in [0.717, 1.165) is 37.1 Å². The Morgan fingerprint density at radius 3 is 2.69 bits per heavy atom. The second-order valence-corrected chi connectivity index (χ2v) is 10.1. The van der Waals surface area contributed by atoms with Crippen LogP contribution in [0, 0.1) is 0 Å². The van der Waals surface area contributed by atoms with Crippen LogP contribution in [0.1, 0.15) is 37.8 Å². The highest BCUT2D eigenvalue weighted by molar-refractivity contribution is 8.26. The molecule has 190 valence electrons. The largest absolute Gasteiger partial charge is 0.490 e. The molecule has 2 aromatic rings. The maximum Gasteiger partial charge on any atom is 0.266 e. The van der Waals surface area contributed by atoms with Crippen molar-refractivity contribution >= 4 is 51.9 Å². The van der Waals surface area contributed by atoms with E-state index >= 15 is 0 Å². The van der Waals surface area contributed by atoms with Gasteiger partial charge in [0.25, 0.3) is 11.8 Å². The number of hydrogen-bond donors (Lipinski definition) is 1. The Bertz CT molecular complexity index is 1140. The Kier molecular flexibility index (Phi) is 9.01. The van der Waals surface area contributed by atoms with Gasteiger partial charge in [0.1, 0.15) is 4.32 Å². The van der Waals surface area contributed by atoms with Gasteiger partial charge in [0.15, 0.2) is 18.1 Å². The van der Waals surface area contributed by atoms with E-state index in [1.807, 2.05) is 37.3 Å². The number of carbonyl (C=O) groups is 2. The summed E-state index contributed by atoms with van der Waals surface area (Å²) >= 11 is 6.73. The Morgan fingerprint density at radius 1 is 1.19 bits per heavy atom. The molecule has 0 spiro atoms. The Hall–Kier alpha value is -2.88. The van der Waals surface area contributed by atoms with Gasteiger partial charge in [0.2, 0.25) is 0 Å². The number of benzene rings is 2. The fourth-order valence-electron chi connectivity index (χ4n) is 3.97. The zero-order valence-electron chi connectivity index (χ0n) is 20.5. The SMILES string of the molecule is CCOc1cc(/C=C2\SC(=S)N(C[C@@H]3CCCO3)C2=O)ccc1OCC(=O)Nc1ccc(CC)cc1. The van der Waals surface area contributed by atoms with E-state index in [2.05, 4.69) is 12.2 Å². The molecule has 7 nitrogen and oxygen atoms in total. The van der Waals surface area contributed by atoms with Crippen LogP contribution < -0.4 is 14.8 Å². The van der Waals surface area contributed by atoms with Crippen LogP contribution in [0.25, 0.3) is 6.08 Å². The average molecular weight is 527 g/mol. The van der Waals surface area contributed by atoms with Gasteiger partial charge in [-0.15, -0.1) is 0 Å². The molecule has 0 radical (unpaired) electrons. The summed E-state index contributed by atoms with van der Waals surface area (Å²) in [7, 11) is 0. The molecular weight excluding hydrogens is 496 g/mol. The van der Waals surface area contributed by atoms with Crippen LogP contribution in [0.15, 0.2) is 47.4 Å². The number of aryl methyl sites for hydroxylation is 1. The fraction of sp³-hybridized carbons (Fsp3) is 0.370. The second kappa shape index (κ2) is 12.4. The molecule has 0 aliphatic carbocycles. The standard InChI is InChI=1S/C27H30N2O5S2/c1-3-18-7-10-20(11-8-18)28-25(30)17-34-22-12-9-19(14-23(22)32-4-2)15-24-26(31)29(27(35)36-24)16-21-6-5-13-33-21/h7-12,14-15,21H,3-6,13,16-17H2,1-2H3,(H,28,30)/b24-15-/t21-/m0/s1. The third-order valence-electron chi connectivity index (χ3n) is 5.85. The molecule has 2 aliphatic heterocycles. The lowest BCUT2D eigenvalue weighted by Gasteiger charge is -2.18. The third kappa shape index (κ3) is 6.66. The molecule has 9 heteroatoms. The number of nitrogens with one attached hydrogen (secondary N) is 1. The van der Waals surface area contributed by atoms with E-state index in [1.54, 1.807) is 23.1 Å². The minimum atomic E-state index is -0.263. The molecule has 0 unspecified atom stereocenters. The monoisotopic (exact) mass is 526 g/mol. The average Bonchev–Trinajstić information content (AvgIpc) is 3.48. The second-order valence-electron chi connectivity index (χ2n) is 8.45. The number of ether oxygens (including phenoxy) is 3. The predicted molar refractivity (Wildman–Crippen MR) is 146 cm³/mol. The summed E-state index contributed by atoms with van der Waals surface area (Å²) in [5.74, 6) is 0.584. The Morgan fingerprint density at radius 2 is 2.00 bits per heavy atom. The van der Waals surface area contributed by atoms with Gasteiger partial charge in [0.05, 0.1) is 24.2 Å². The Labute approximate surface area is 221 Å². The van der Waals surface area contributed by atoms with Crippen LogP contribution in [0.2, 0.25) is 0 Å². The van der Waals surface area contributed by atoms with Crippen molar-refractivity contribution in [2.45, 2.75) is 39.2 Å². The van der Waals surface area contributed by atoms with Crippen LogP contribution in [0.4, 0.5) is 5.69 Å². The molecule has 0 saturated carbocycles. The lowest BCUT2D eigenvalue weighted by Crippen LogP contribution is -2.35. The number of hydrogen-bond acceptors (Lipinski definition) is 7. The molecule has 2 heterocycles. The molecule has 1 N–H and O–H groups in total. The van der Waals surface area contributed by atoms with Gasteiger partial charge in [0, 0.05) is 12.3 Å². The van der Waals surface area contributed by atoms with Crippen LogP contribution in [0.3, 0.4) is 0 Å². The molecule has 2 fully saturated rings. The predicted octanol–water partition coefficient (Wildman–Crippen LogP) is 5.05. The maximum atomic E-state index is 12.9. The van der Waals surface area contributed by atoms with Crippen LogP contribution in [-0.4, -0.2) is 53.5 Å². The van der Waals surface area contributed by atoms with E-state index in [-0.39, 0.29) is 24.5 Å². The third-order valence-corrected chi connectivity index (χ3v) is 7.23. The number of thiocarbonyl (C=S) groups is 1. The molecule has 36 heavy (non-hydrogen) atoms. The number of carbonyl (C=O) groups excluding carboxylic acids is 2. The first-order valence-electron chi connectivity index (χ1n) is 12.1. The van der Waals surface area contributed by atoms with E-state index in [0.29, 0.717) is 33.9 Å². The van der Waals surface area contributed by atoms with Gasteiger partial charge in [-0.1, -0.05) is 49.1 Å². The molecule has 0 aromatic heterocycles. The molecule has 4 rings (SSSR count). The van der Waals surface area contributed by atoms with Crippen molar-refractivity contribution in [2.75, 3.05) is 31.7 Å². The summed E-state index contributed by atoms with van der Waals surface area (Å²) in [4.78, 5) is 27.5. The van der Waals surface area contributed by atoms with Crippen molar-refractivity contribution in [1.29, 1.82) is 0 Å². The minimum absolute atomic E-state index is 0.0424. The van der Waals surface area contributed by atoms with Crippen molar-refractivity contribution in [3.05, 3.63) is 58.5 Å². The van der Waals surface area contributed by atoms with Crippen molar-refractivity contribution < 1.29 is 23.8 Å². The number of anilines is 1. The van der Waals surface area contributed by atoms with Gasteiger partial charge in [-0.25, -0.2) is 0 Å². The summed E-state index contributed by atoms with van der Waals surface area (Å²) < 4.78 is 17.7. The van der Waals surface area contributed by atoms with Crippen LogP contribution in [0.5, 0.6) is 11.5 Å².